The van der Waals surface area contributed by atoms with E-state index in [0.29, 0.717) is 5.57 Å². The van der Waals surface area contributed by atoms with Crippen molar-refractivity contribution < 1.29 is 28.7 Å². The molecule has 170 valence electrons. The minimum atomic E-state index is -0.800. The number of ether oxygens (including phenoxy) is 1. The van der Waals surface area contributed by atoms with E-state index in [1.54, 1.807) is 6.92 Å². The van der Waals surface area contributed by atoms with Gasteiger partial charge in [-0.3, -0.25) is 24.1 Å². The lowest BCUT2D eigenvalue weighted by Gasteiger charge is -2.51. The molecule has 3 rings (SSSR count). The van der Waals surface area contributed by atoms with E-state index < -0.39 is 29.2 Å². The van der Waals surface area contributed by atoms with Gasteiger partial charge >= 0.3 is 5.97 Å². The number of thioether (sulfide) groups is 1. The second-order valence-corrected chi connectivity index (χ2v) is 9.33. The summed E-state index contributed by atoms with van der Waals surface area (Å²) in [5.74, 6) is -2.69. The highest BCUT2D eigenvalue weighted by Crippen LogP contribution is 2.46. The van der Waals surface area contributed by atoms with Gasteiger partial charge < -0.3 is 10.1 Å². The molecule has 0 aliphatic carbocycles. The molecular formula is C23H26N2O6S. The summed E-state index contributed by atoms with van der Waals surface area (Å²) >= 11 is 1.36. The maximum Gasteiger partial charge on any atom is 0.355 e. The SMILES string of the molecule is CC(=O)NC1C(=O)N2C(C(=O)OCc3ccccc3)=C(C)C(CC(C(C)=O)C(C)=O)S[C@H]12. The smallest absolute Gasteiger partial charge is 0.355 e. The summed E-state index contributed by atoms with van der Waals surface area (Å²) in [5, 5.41) is 1.74. The highest BCUT2D eigenvalue weighted by Gasteiger charge is 2.56. The van der Waals surface area contributed by atoms with Crippen LogP contribution < -0.4 is 5.32 Å². The average Bonchev–Trinajstić information content (AvgIpc) is 2.74. The van der Waals surface area contributed by atoms with E-state index in [9.17, 15) is 24.0 Å². The Hall–Kier alpha value is -2.94. The van der Waals surface area contributed by atoms with Crippen molar-refractivity contribution in [3.8, 4) is 0 Å². The van der Waals surface area contributed by atoms with Gasteiger partial charge in [0.15, 0.2) is 0 Å². The summed E-state index contributed by atoms with van der Waals surface area (Å²) in [5.41, 5.74) is 1.50. The number of hydrogen-bond acceptors (Lipinski definition) is 7. The van der Waals surface area contributed by atoms with Crippen molar-refractivity contribution >= 4 is 41.1 Å². The molecule has 2 aliphatic heterocycles. The molecule has 1 fully saturated rings. The van der Waals surface area contributed by atoms with Gasteiger partial charge in [-0.1, -0.05) is 30.3 Å². The van der Waals surface area contributed by atoms with Crippen LogP contribution in [-0.2, 0) is 35.3 Å². The van der Waals surface area contributed by atoms with Gasteiger partial charge in [0.1, 0.15) is 35.3 Å². The summed E-state index contributed by atoms with van der Waals surface area (Å²) in [6.45, 7) is 5.81. The summed E-state index contributed by atoms with van der Waals surface area (Å²) in [6.07, 6.45) is 0.210. The lowest BCUT2D eigenvalue weighted by atomic mass is 9.91. The van der Waals surface area contributed by atoms with Crippen LogP contribution in [0.25, 0.3) is 0 Å². The number of Topliss-reactive ketones (excluding diaryl/α,β-unsaturated/α-hetero) is 2. The minimum absolute atomic E-state index is 0.0413. The normalized spacial score (nSPS) is 22.2. The molecule has 0 bridgehead atoms. The number of rotatable bonds is 8. The molecule has 1 aromatic carbocycles. The molecule has 0 saturated carbocycles. The zero-order valence-electron chi connectivity index (χ0n) is 18.4. The molecule has 3 atom stereocenters. The summed E-state index contributed by atoms with van der Waals surface area (Å²) < 4.78 is 5.48. The van der Waals surface area contributed by atoms with E-state index in [0.717, 1.165) is 5.56 Å². The standard InChI is InChI=1S/C23H26N2O6S/c1-12-18(10-17(13(2)26)14(3)27)32-22-19(24-15(4)28)21(29)25(22)20(12)23(30)31-11-16-8-6-5-7-9-16/h5-9,17-19,22H,10-11H2,1-4H3,(H,24,28)/t18?,19?,22-/m1/s1. The fourth-order valence-electron chi connectivity index (χ4n) is 3.92. The van der Waals surface area contributed by atoms with Crippen LogP contribution >= 0.6 is 11.8 Å². The molecule has 1 N–H and O–H groups in total. The Balaban J connectivity index is 1.89. The van der Waals surface area contributed by atoms with E-state index in [4.69, 9.17) is 4.74 Å². The highest BCUT2D eigenvalue weighted by molar-refractivity contribution is 8.00. The lowest BCUT2D eigenvalue weighted by molar-refractivity contribution is -0.153. The van der Waals surface area contributed by atoms with E-state index in [-0.39, 0.29) is 41.4 Å². The Morgan fingerprint density at radius 2 is 1.72 bits per heavy atom. The van der Waals surface area contributed by atoms with Crippen LogP contribution in [0.1, 0.15) is 39.7 Å². The van der Waals surface area contributed by atoms with E-state index in [2.05, 4.69) is 5.32 Å². The first kappa shape index (κ1) is 23.7. The summed E-state index contributed by atoms with van der Waals surface area (Å²) in [7, 11) is 0. The fraction of sp³-hybridized carbons (Fsp3) is 0.435. The number of β-lactam (4-membered cyclic amide) rings is 1. The molecule has 2 aliphatic rings. The molecular weight excluding hydrogens is 432 g/mol. The predicted octanol–water partition coefficient (Wildman–Crippen LogP) is 1.98. The molecule has 1 aromatic rings. The Morgan fingerprint density at radius 3 is 2.28 bits per heavy atom. The Labute approximate surface area is 190 Å². The second-order valence-electron chi connectivity index (χ2n) is 8.00. The maximum absolute atomic E-state index is 13.0. The average molecular weight is 459 g/mol. The number of fused-ring (bicyclic) bond motifs is 1. The van der Waals surface area contributed by atoms with Crippen molar-refractivity contribution in [2.75, 3.05) is 0 Å². The lowest BCUT2D eigenvalue weighted by Crippen LogP contribution is -2.71. The van der Waals surface area contributed by atoms with Crippen LogP contribution in [0.4, 0.5) is 0 Å². The Morgan fingerprint density at radius 1 is 1.09 bits per heavy atom. The van der Waals surface area contributed by atoms with Crippen LogP contribution in [0.15, 0.2) is 41.6 Å². The molecule has 0 radical (unpaired) electrons. The number of nitrogens with one attached hydrogen (secondary N) is 1. The number of carbonyl (C=O) groups excluding carboxylic acids is 5. The number of ketones is 2. The molecule has 32 heavy (non-hydrogen) atoms. The third-order valence-electron chi connectivity index (χ3n) is 5.64. The molecule has 9 heteroatoms. The van der Waals surface area contributed by atoms with Crippen molar-refractivity contribution in [1.29, 1.82) is 0 Å². The number of esters is 1. The number of hydrogen-bond donors (Lipinski definition) is 1. The van der Waals surface area contributed by atoms with Crippen LogP contribution in [0.2, 0.25) is 0 Å². The second kappa shape index (κ2) is 9.68. The third kappa shape index (κ3) is 4.77. The van der Waals surface area contributed by atoms with E-state index in [1.807, 2.05) is 30.3 Å². The predicted molar refractivity (Wildman–Crippen MR) is 118 cm³/mol. The fourth-order valence-corrected chi connectivity index (χ4v) is 5.55. The highest BCUT2D eigenvalue weighted by atomic mass is 32.2. The van der Waals surface area contributed by atoms with Crippen LogP contribution in [-0.4, -0.2) is 50.9 Å². The first-order chi connectivity index (χ1) is 15.1. The molecule has 1 saturated heterocycles. The van der Waals surface area contributed by atoms with Gasteiger partial charge in [0.25, 0.3) is 5.91 Å². The number of carbonyl (C=O) groups is 5. The monoisotopic (exact) mass is 458 g/mol. The van der Waals surface area contributed by atoms with Gasteiger partial charge in [-0.15, -0.1) is 11.8 Å². The molecule has 0 spiro atoms. The van der Waals surface area contributed by atoms with Crippen LogP contribution in [0, 0.1) is 5.92 Å². The van der Waals surface area contributed by atoms with Crippen LogP contribution in [0.3, 0.4) is 0 Å². The number of amides is 2. The Kier molecular flexibility index (Phi) is 7.18. The van der Waals surface area contributed by atoms with E-state index in [1.165, 1.54) is 37.4 Å². The number of nitrogens with zero attached hydrogens (tertiary/aromatic N) is 1. The molecule has 2 unspecified atom stereocenters. The van der Waals surface area contributed by atoms with Crippen molar-refractivity contribution in [3.63, 3.8) is 0 Å². The maximum atomic E-state index is 13.0. The number of benzene rings is 1. The zero-order valence-corrected chi connectivity index (χ0v) is 19.2. The first-order valence-corrected chi connectivity index (χ1v) is 11.2. The van der Waals surface area contributed by atoms with Crippen molar-refractivity contribution in [2.24, 2.45) is 5.92 Å². The van der Waals surface area contributed by atoms with E-state index >= 15 is 0 Å². The first-order valence-electron chi connectivity index (χ1n) is 10.3. The van der Waals surface area contributed by atoms with Crippen LogP contribution in [0.5, 0.6) is 0 Å². The van der Waals surface area contributed by atoms with Gasteiger partial charge in [0.05, 0.1) is 5.92 Å². The zero-order chi connectivity index (χ0) is 23.6. The molecule has 2 heterocycles. The largest absolute Gasteiger partial charge is 0.456 e. The van der Waals surface area contributed by atoms with Crippen molar-refractivity contribution in [2.45, 2.75) is 57.4 Å². The van der Waals surface area contributed by atoms with Gasteiger partial charge in [-0.25, -0.2) is 4.79 Å². The Bertz CT molecular complexity index is 975. The minimum Gasteiger partial charge on any atom is -0.456 e. The van der Waals surface area contributed by atoms with Gasteiger partial charge in [0.2, 0.25) is 5.91 Å². The summed E-state index contributed by atoms with van der Waals surface area (Å²) in [6, 6.07) is 8.38. The third-order valence-corrected chi connectivity index (χ3v) is 7.28. The quantitative estimate of drug-likeness (QED) is 0.360. The molecule has 0 aromatic heterocycles. The molecule has 8 nitrogen and oxygen atoms in total. The topological polar surface area (TPSA) is 110 Å². The van der Waals surface area contributed by atoms with Gasteiger partial charge in [-0.05, 0) is 38.3 Å². The van der Waals surface area contributed by atoms with Gasteiger partial charge in [0, 0.05) is 12.2 Å². The van der Waals surface area contributed by atoms with Crippen molar-refractivity contribution in [3.05, 3.63) is 47.2 Å². The summed E-state index contributed by atoms with van der Waals surface area (Å²) in [4.78, 5) is 62.7. The van der Waals surface area contributed by atoms with Crippen molar-refractivity contribution in [1.82, 2.24) is 10.2 Å². The molecule has 2 amide bonds. The van der Waals surface area contributed by atoms with Gasteiger partial charge in [-0.2, -0.15) is 0 Å².